The molecule has 0 heterocycles. The second-order valence-corrected chi connectivity index (χ2v) is 0.892. The minimum absolute atomic E-state index is 0.402. The van der Waals surface area contributed by atoms with Crippen molar-refractivity contribution in [2.75, 3.05) is 13.7 Å². The Labute approximate surface area is 42.0 Å². The first kappa shape index (κ1) is 6.30. The molecule has 0 rings (SSSR count). The number of carbonyl (C=O) groups is 1. The Kier molecular flexibility index (Phi) is 4.77. The van der Waals surface area contributed by atoms with E-state index >= 15 is 0 Å². The lowest BCUT2D eigenvalue weighted by Crippen LogP contribution is -1.87. The number of hydrogen-bond acceptors (Lipinski definition) is 2. The third-order valence-electron chi connectivity index (χ3n) is 0.407. The summed E-state index contributed by atoms with van der Waals surface area (Å²) in [5.74, 6) is 0. The Bertz CT molecular complexity index is 70.1. The minimum atomic E-state index is 0.402. The zero-order chi connectivity index (χ0) is 5.54. The zero-order valence-electron chi connectivity index (χ0n) is 4.13. The van der Waals surface area contributed by atoms with Crippen LogP contribution in [0.1, 0.15) is 0 Å². The van der Waals surface area contributed by atoms with Crippen molar-refractivity contribution in [2.24, 2.45) is 4.99 Å². The van der Waals surface area contributed by atoms with Gasteiger partial charge in [0.25, 0.3) is 0 Å². The summed E-state index contributed by atoms with van der Waals surface area (Å²) in [5, 5.41) is 0. The van der Waals surface area contributed by atoms with Crippen LogP contribution in [0.3, 0.4) is 0 Å². The molecule has 3 heteroatoms. The molecule has 0 aromatic heterocycles. The zero-order valence-corrected chi connectivity index (χ0v) is 4.13. The molecule has 0 aliphatic heterocycles. The molecule has 0 aliphatic carbocycles. The largest absolute Gasteiger partial charge is 0.379 e. The first-order valence-corrected chi connectivity index (χ1v) is 1.86. The van der Waals surface area contributed by atoms with Gasteiger partial charge in [0, 0.05) is 13.3 Å². The van der Waals surface area contributed by atoms with E-state index in [1.807, 2.05) is 0 Å². The molecule has 0 spiro atoms. The van der Waals surface area contributed by atoms with E-state index in [9.17, 15) is 4.79 Å². The van der Waals surface area contributed by atoms with Crippen molar-refractivity contribution in [1.82, 2.24) is 0 Å². The van der Waals surface area contributed by atoms with Gasteiger partial charge in [-0.15, -0.1) is 0 Å². The molecule has 7 heavy (non-hydrogen) atoms. The maximum Gasteiger partial charge on any atom is 0.232 e. The molecule has 0 N–H and O–H groups in total. The Hall–Kier alpha value is -0.700. The fraction of sp³-hybridized carbons (Fsp3) is 0.500. The summed E-state index contributed by atoms with van der Waals surface area (Å²) in [4.78, 5) is 12.7. The van der Waals surface area contributed by atoms with E-state index in [4.69, 9.17) is 0 Å². The van der Waals surface area contributed by atoms with Gasteiger partial charge < -0.3 is 4.74 Å². The Morgan fingerprint density at radius 1 is 1.86 bits per heavy atom. The first-order chi connectivity index (χ1) is 3.41. The first-order valence-electron chi connectivity index (χ1n) is 1.86. The summed E-state index contributed by atoms with van der Waals surface area (Å²) in [6.45, 7) is 0.402. The van der Waals surface area contributed by atoms with Crippen LogP contribution in [0, 0.1) is 0 Å². The number of carbonyl (C=O) groups excluding carboxylic acids is 1. The summed E-state index contributed by atoms with van der Waals surface area (Å²) in [7, 11) is 1.54. The van der Waals surface area contributed by atoms with Crippen LogP contribution in [0.2, 0.25) is 0 Å². The van der Waals surface area contributed by atoms with Crippen LogP contribution in [-0.4, -0.2) is 26.3 Å². The summed E-state index contributed by atoms with van der Waals surface area (Å²) in [6, 6.07) is 0. The molecule has 0 fully saturated rings. The van der Waals surface area contributed by atoms with E-state index in [0.717, 1.165) is 0 Å². The lowest BCUT2D eigenvalue weighted by molar-refractivity contribution is -0.106. The lowest BCUT2D eigenvalue weighted by atomic mass is 10.8. The highest BCUT2D eigenvalue weighted by molar-refractivity contribution is 5.69. The van der Waals surface area contributed by atoms with Crippen LogP contribution in [0.5, 0.6) is 0 Å². The molecule has 0 radical (unpaired) electrons. The van der Waals surface area contributed by atoms with Gasteiger partial charge in [0.15, 0.2) is 0 Å². The van der Waals surface area contributed by atoms with Gasteiger partial charge in [0.05, 0.1) is 6.61 Å². The molecule has 0 aromatic carbocycles. The van der Waals surface area contributed by atoms with E-state index in [2.05, 4.69) is 9.73 Å². The van der Waals surface area contributed by atoms with Crippen LogP contribution >= 0.6 is 0 Å². The molecule has 0 atom stereocenters. The fourth-order valence-corrected chi connectivity index (χ4v) is 0.161. The van der Waals surface area contributed by atoms with E-state index in [0.29, 0.717) is 13.0 Å². The van der Waals surface area contributed by atoms with Gasteiger partial charge in [-0.2, -0.15) is 0 Å². The van der Waals surface area contributed by atoms with Crippen molar-refractivity contribution in [2.45, 2.75) is 0 Å². The number of methoxy groups -OCH3 is 1. The average Bonchev–Trinajstić information content (AvgIpc) is 1.69. The Morgan fingerprint density at radius 3 is 3.00 bits per heavy atom. The summed E-state index contributed by atoms with van der Waals surface area (Å²) < 4.78 is 4.54. The van der Waals surface area contributed by atoms with Crippen molar-refractivity contribution >= 4 is 12.6 Å². The summed E-state index contributed by atoms with van der Waals surface area (Å²) >= 11 is 0. The van der Waals surface area contributed by atoms with E-state index in [-0.39, 0.29) is 0 Å². The predicted molar refractivity (Wildman–Crippen MR) is 26.4 cm³/mol. The topological polar surface area (TPSA) is 38.7 Å². The summed E-state index contributed by atoms with van der Waals surface area (Å²) in [5.41, 5.74) is 0. The molecular weight excluding hydrogens is 94.0 g/mol. The standard InChI is InChI=1S/C4H7NO2/c1-7-3-2-5-4-6/h2,4H,3H2,1H3. The Balaban J connectivity index is 2.92. The number of nitrogens with zero attached hydrogens (tertiary/aromatic N) is 1. The SMILES string of the molecule is COCC=NC=O. The normalized spacial score (nSPS) is 9.86. The smallest absolute Gasteiger partial charge is 0.232 e. The van der Waals surface area contributed by atoms with E-state index in [1.165, 1.54) is 13.3 Å². The highest BCUT2D eigenvalue weighted by Gasteiger charge is 1.66. The van der Waals surface area contributed by atoms with Gasteiger partial charge in [0.2, 0.25) is 6.41 Å². The third kappa shape index (κ3) is 5.30. The number of hydrogen-bond donors (Lipinski definition) is 0. The van der Waals surface area contributed by atoms with Gasteiger partial charge in [-0.1, -0.05) is 0 Å². The van der Waals surface area contributed by atoms with E-state index in [1.54, 1.807) is 0 Å². The molecule has 0 saturated carbocycles. The quantitative estimate of drug-likeness (QED) is 0.366. The molecule has 1 amide bonds. The molecule has 3 nitrogen and oxygen atoms in total. The molecular formula is C4H7NO2. The maximum absolute atomic E-state index is 9.43. The average molecular weight is 101 g/mol. The number of amides is 1. The van der Waals surface area contributed by atoms with Crippen molar-refractivity contribution in [3.05, 3.63) is 0 Å². The maximum atomic E-state index is 9.43. The fourth-order valence-electron chi connectivity index (χ4n) is 0.161. The van der Waals surface area contributed by atoms with Crippen molar-refractivity contribution in [3.63, 3.8) is 0 Å². The number of rotatable bonds is 3. The highest BCUT2D eigenvalue weighted by atomic mass is 16.5. The van der Waals surface area contributed by atoms with Crippen LogP contribution in [0.15, 0.2) is 4.99 Å². The highest BCUT2D eigenvalue weighted by Crippen LogP contribution is 1.58. The predicted octanol–water partition coefficient (Wildman–Crippen LogP) is -0.140. The second-order valence-electron chi connectivity index (χ2n) is 0.892. The Morgan fingerprint density at radius 2 is 2.57 bits per heavy atom. The van der Waals surface area contributed by atoms with Crippen molar-refractivity contribution in [3.8, 4) is 0 Å². The molecule has 0 unspecified atom stereocenters. The second kappa shape index (κ2) is 5.30. The van der Waals surface area contributed by atoms with Crippen LogP contribution in [0.25, 0.3) is 0 Å². The number of ether oxygens (including phenoxy) is 1. The van der Waals surface area contributed by atoms with Crippen LogP contribution < -0.4 is 0 Å². The van der Waals surface area contributed by atoms with Gasteiger partial charge in [-0.25, -0.2) is 4.99 Å². The van der Waals surface area contributed by atoms with Crippen molar-refractivity contribution in [1.29, 1.82) is 0 Å². The minimum Gasteiger partial charge on any atom is -0.379 e. The van der Waals surface area contributed by atoms with Gasteiger partial charge >= 0.3 is 0 Å². The van der Waals surface area contributed by atoms with Crippen LogP contribution in [-0.2, 0) is 9.53 Å². The molecule has 0 aliphatic rings. The molecule has 0 aromatic rings. The number of aliphatic imine (C=N–C) groups is 1. The molecule has 0 bridgehead atoms. The monoisotopic (exact) mass is 101 g/mol. The van der Waals surface area contributed by atoms with Gasteiger partial charge in [0.1, 0.15) is 0 Å². The van der Waals surface area contributed by atoms with Gasteiger partial charge in [-0.05, 0) is 0 Å². The third-order valence-corrected chi connectivity index (χ3v) is 0.407. The van der Waals surface area contributed by atoms with Crippen LogP contribution in [0.4, 0.5) is 0 Å². The molecule has 0 saturated heterocycles. The molecule has 40 valence electrons. The van der Waals surface area contributed by atoms with Gasteiger partial charge in [-0.3, -0.25) is 4.79 Å². The van der Waals surface area contributed by atoms with Crippen molar-refractivity contribution < 1.29 is 9.53 Å². The van der Waals surface area contributed by atoms with E-state index < -0.39 is 0 Å². The summed E-state index contributed by atoms with van der Waals surface area (Å²) in [6.07, 6.45) is 1.87. The lowest BCUT2D eigenvalue weighted by Gasteiger charge is -1.80.